The first kappa shape index (κ1) is 13.4. The number of hydrogen-bond acceptors (Lipinski definition) is 3. The molecule has 1 fully saturated rings. The van der Waals surface area contributed by atoms with Gasteiger partial charge < -0.3 is 15.7 Å². The molecule has 18 heavy (non-hydrogen) atoms. The minimum absolute atomic E-state index is 0.0115. The van der Waals surface area contributed by atoms with Crippen molar-refractivity contribution in [3.63, 3.8) is 0 Å². The lowest BCUT2D eigenvalue weighted by Crippen LogP contribution is -2.38. The molecule has 1 atom stereocenters. The first-order chi connectivity index (χ1) is 8.66. The average molecular weight is 313 g/mol. The summed E-state index contributed by atoms with van der Waals surface area (Å²) < 4.78 is 0.782. The number of rotatable bonds is 3. The van der Waals surface area contributed by atoms with Crippen LogP contribution in [0.3, 0.4) is 0 Å². The van der Waals surface area contributed by atoms with Gasteiger partial charge in [0.25, 0.3) is 5.91 Å². The normalized spacial score (nSPS) is 19.5. The van der Waals surface area contributed by atoms with E-state index >= 15 is 0 Å². The highest BCUT2D eigenvalue weighted by Gasteiger charge is 2.16. The summed E-state index contributed by atoms with van der Waals surface area (Å²) in [7, 11) is 0. The summed E-state index contributed by atoms with van der Waals surface area (Å²) >= 11 is 3.29. The monoisotopic (exact) mass is 312 g/mol. The van der Waals surface area contributed by atoms with E-state index in [1.165, 1.54) is 6.07 Å². The lowest BCUT2D eigenvalue weighted by Gasteiger charge is -2.22. The topological polar surface area (TPSA) is 61.4 Å². The minimum atomic E-state index is -0.223. The van der Waals surface area contributed by atoms with Crippen molar-refractivity contribution in [3.05, 3.63) is 28.2 Å². The average Bonchev–Trinajstić information content (AvgIpc) is 2.40. The number of carbonyl (C=O) groups is 1. The summed E-state index contributed by atoms with van der Waals surface area (Å²) in [6, 6.07) is 4.85. The van der Waals surface area contributed by atoms with E-state index in [9.17, 15) is 9.90 Å². The molecular formula is C13H17BrN2O2. The van der Waals surface area contributed by atoms with E-state index in [1.54, 1.807) is 12.1 Å². The Morgan fingerprint density at radius 2 is 2.39 bits per heavy atom. The molecule has 1 aromatic carbocycles. The molecule has 0 saturated carbocycles. The van der Waals surface area contributed by atoms with Crippen molar-refractivity contribution in [2.45, 2.75) is 12.8 Å². The van der Waals surface area contributed by atoms with Crippen LogP contribution in [0.2, 0.25) is 0 Å². The number of phenolic OH excluding ortho intramolecular Hbond substituents is 1. The fraction of sp³-hybridized carbons (Fsp3) is 0.462. The first-order valence-electron chi connectivity index (χ1n) is 6.14. The number of amides is 1. The molecule has 0 radical (unpaired) electrons. The van der Waals surface area contributed by atoms with Gasteiger partial charge in [0.2, 0.25) is 0 Å². The van der Waals surface area contributed by atoms with Crippen LogP contribution in [-0.2, 0) is 0 Å². The maximum atomic E-state index is 11.9. The number of benzene rings is 1. The highest BCUT2D eigenvalue weighted by Crippen LogP contribution is 2.21. The number of carbonyl (C=O) groups excluding carboxylic acids is 1. The fourth-order valence-electron chi connectivity index (χ4n) is 2.12. The third-order valence-corrected chi connectivity index (χ3v) is 3.65. The van der Waals surface area contributed by atoms with Crippen molar-refractivity contribution in [1.29, 1.82) is 0 Å². The van der Waals surface area contributed by atoms with Crippen LogP contribution in [0.25, 0.3) is 0 Å². The third kappa shape index (κ3) is 3.46. The third-order valence-electron chi connectivity index (χ3n) is 3.15. The number of nitrogens with one attached hydrogen (secondary N) is 2. The molecule has 0 bridgehead atoms. The molecule has 5 heteroatoms. The van der Waals surface area contributed by atoms with Crippen LogP contribution in [0.15, 0.2) is 22.7 Å². The number of aromatic hydroxyl groups is 1. The van der Waals surface area contributed by atoms with Gasteiger partial charge in [-0.15, -0.1) is 0 Å². The van der Waals surface area contributed by atoms with Gasteiger partial charge in [-0.3, -0.25) is 4.79 Å². The molecule has 1 heterocycles. The van der Waals surface area contributed by atoms with Gasteiger partial charge in [-0.25, -0.2) is 0 Å². The molecule has 2 rings (SSSR count). The number of hydrogen-bond donors (Lipinski definition) is 3. The molecule has 4 nitrogen and oxygen atoms in total. The van der Waals surface area contributed by atoms with Crippen LogP contribution < -0.4 is 10.6 Å². The summed E-state index contributed by atoms with van der Waals surface area (Å²) in [5.41, 5.74) is 0.313. The van der Waals surface area contributed by atoms with E-state index in [0.717, 1.165) is 30.4 Å². The van der Waals surface area contributed by atoms with E-state index < -0.39 is 0 Å². The van der Waals surface area contributed by atoms with Gasteiger partial charge in [-0.2, -0.15) is 0 Å². The fourth-order valence-corrected chi connectivity index (χ4v) is 2.48. The summed E-state index contributed by atoms with van der Waals surface area (Å²) in [6.07, 6.45) is 2.29. The van der Waals surface area contributed by atoms with Crippen molar-refractivity contribution < 1.29 is 9.90 Å². The Morgan fingerprint density at radius 1 is 1.56 bits per heavy atom. The van der Waals surface area contributed by atoms with Crippen LogP contribution in [0.1, 0.15) is 23.2 Å². The molecule has 1 saturated heterocycles. The van der Waals surface area contributed by atoms with E-state index in [-0.39, 0.29) is 11.7 Å². The Balaban J connectivity index is 1.92. The zero-order valence-corrected chi connectivity index (χ0v) is 11.7. The van der Waals surface area contributed by atoms with Gasteiger partial charge in [0.05, 0.1) is 5.56 Å². The van der Waals surface area contributed by atoms with Crippen molar-refractivity contribution >= 4 is 21.8 Å². The van der Waals surface area contributed by atoms with E-state index in [1.807, 2.05) is 0 Å². The highest BCUT2D eigenvalue weighted by molar-refractivity contribution is 9.10. The number of phenols is 1. The quantitative estimate of drug-likeness (QED) is 0.798. The van der Waals surface area contributed by atoms with Crippen LogP contribution >= 0.6 is 15.9 Å². The largest absolute Gasteiger partial charge is 0.507 e. The summed E-state index contributed by atoms with van der Waals surface area (Å²) in [5.74, 6) is 0.272. The zero-order chi connectivity index (χ0) is 13.0. The van der Waals surface area contributed by atoms with Gasteiger partial charge in [0.15, 0.2) is 0 Å². The van der Waals surface area contributed by atoms with Gasteiger partial charge in [-0.1, -0.05) is 15.9 Å². The zero-order valence-electron chi connectivity index (χ0n) is 10.1. The van der Waals surface area contributed by atoms with E-state index in [0.29, 0.717) is 18.0 Å². The van der Waals surface area contributed by atoms with E-state index in [4.69, 9.17) is 0 Å². The molecule has 0 aliphatic carbocycles. The molecule has 1 aromatic rings. The summed E-state index contributed by atoms with van der Waals surface area (Å²) in [6.45, 7) is 2.67. The molecule has 1 aliphatic heterocycles. The molecule has 98 valence electrons. The summed E-state index contributed by atoms with van der Waals surface area (Å²) in [4.78, 5) is 11.9. The standard InChI is InChI=1S/C13H17BrN2O2/c14-10-3-4-12(17)11(6-10)13(18)16-8-9-2-1-5-15-7-9/h3-4,6,9,15,17H,1-2,5,7-8H2,(H,16,18). The SMILES string of the molecule is O=C(NCC1CCCNC1)c1cc(Br)ccc1O. The second kappa shape index (κ2) is 6.20. The van der Waals surface area contributed by atoms with Gasteiger partial charge >= 0.3 is 0 Å². The lowest BCUT2D eigenvalue weighted by molar-refractivity contribution is 0.0942. The van der Waals surface area contributed by atoms with E-state index in [2.05, 4.69) is 26.6 Å². The number of halogens is 1. The minimum Gasteiger partial charge on any atom is -0.507 e. The Labute approximate surface area is 115 Å². The molecule has 1 unspecified atom stereocenters. The highest BCUT2D eigenvalue weighted by atomic mass is 79.9. The number of piperidine rings is 1. The maximum Gasteiger partial charge on any atom is 0.255 e. The van der Waals surface area contributed by atoms with Gasteiger partial charge in [0, 0.05) is 11.0 Å². The molecule has 0 aromatic heterocycles. The van der Waals surface area contributed by atoms with Crippen molar-refractivity contribution in [3.8, 4) is 5.75 Å². The van der Waals surface area contributed by atoms with Crippen LogP contribution in [0.4, 0.5) is 0 Å². The molecular weight excluding hydrogens is 296 g/mol. The smallest absolute Gasteiger partial charge is 0.255 e. The van der Waals surface area contributed by atoms with Crippen LogP contribution in [0, 0.1) is 5.92 Å². The van der Waals surface area contributed by atoms with Crippen molar-refractivity contribution in [2.24, 2.45) is 5.92 Å². The second-order valence-electron chi connectivity index (χ2n) is 4.58. The predicted octanol–water partition coefficient (Wildman–Crippen LogP) is 1.88. The Bertz CT molecular complexity index is 431. The lowest BCUT2D eigenvalue weighted by atomic mass is 9.99. The second-order valence-corrected chi connectivity index (χ2v) is 5.50. The molecule has 1 amide bonds. The molecule has 3 N–H and O–H groups in total. The van der Waals surface area contributed by atoms with Crippen LogP contribution in [-0.4, -0.2) is 30.6 Å². The van der Waals surface area contributed by atoms with Crippen molar-refractivity contribution in [2.75, 3.05) is 19.6 Å². The Kier molecular flexibility index (Phi) is 4.60. The van der Waals surface area contributed by atoms with Crippen LogP contribution in [0.5, 0.6) is 5.75 Å². The molecule has 1 aliphatic rings. The van der Waals surface area contributed by atoms with Crippen molar-refractivity contribution in [1.82, 2.24) is 10.6 Å². The van der Waals surface area contributed by atoms with Gasteiger partial charge in [-0.05, 0) is 50.0 Å². The molecule has 0 spiro atoms. The Hall–Kier alpha value is -1.07. The maximum absolute atomic E-state index is 11.9. The Morgan fingerprint density at radius 3 is 3.11 bits per heavy atom. The summed E-state index contributed by atoms with van der Waals surface area (Å²) in [5, 5.41) is 15.8. The van der Waals surface area contributed by atoms with Gasteiger partial charge in [0.1, 0.15) is 5.75 Å². The first-order valence-corrected chi connectivity index (χ1v) is 6.93. The predicted molar refractivity (Wildman–Crippen MR) is 73.7 cm³/mol.